The van der Waals surface area contributed by atoms with E-state index in [1.807, 2.05) is 38.1 Å². The molecule has 3 rings (SSSR count). The molecule has 0 spiro atoms. The standard InChI is InChI=1S/C19H24ClN5O/c1-12-13(2)22-17(23-18(12)25-9-8-16(21)11-25)19(26)24(3)10-14-4-6-15(20)7-5-14/h4-7,16H,8-11,21H2,1-3H3/t16-/m1/s1. The molecule has 2 N–H and O–H groups in total. The van der Waals surface area contributed by atoms with Crippen molar-refractivity contribution in [3.8, 4) is 0 Å². The van der Waals surface area contributed by atoms with Gasteiger partial charge in [0.2, 0.25) is 5.82 Å². The molecule has 26 heavy (non-hydrogen) atoms. The summed E-state index contributed by atoms with van der Waals surface area (Å²) >= 11 is 5.91. The largest absolute Gasteiger partial charge is 0.355 e. The molecule has 1 aromatic carbocycles. The average Bonchev–Trinajstić information content (AvgIpc) is 3.04. The van der Waals surface area contributed by atoms with Gasteiger partial charge in [0.05, 0.1) is 0 Å². The summed E-state index contributed by atoms with van der Waals surface area (Å²) < 4.78 is 0. The summed E-state index contributed by atoms with van der Waals surface area (Å²) in [6.07, 6.45) is 0.933. The molecule has 0 unspecified atom stereocenters. The van der Waals surface area contributed by atoms with Gasteiger partial charge in [-0.2, -0.15) is 0 Å². The van der Waals surface area contributed by atoms with Gasteiger partial charge >= 0.3 is 0 Å². The quantitative estimate of drug-likeness (QED) is 0.891. The number of nitrogens with zero attached hydrogens (tertiary/aromatic N) is 4. The van der Waals surface area contributed by atoms with Crippen LogP contribution in [0.3, 0.4) is 0 Å². The van der Waals surface area contributed by atoms with Crippen molar-refractivity contribution in [2.24, 2.45) is 5.73 Å². The Labute approximate surface area is 159 Å². The lowest BCUT2D eigenvalue weighted by atomic mass is 10.2. The first-order valence-corrected chi connectivity index (χ1v) is 9.08. The van der Waals surface area contributed by atoms with Gasteiger partial charge in [0.25, 0.3) is 5.91 Å². The van der Waals surface area contributed by atoms with Crippen molar-refractivity contribution >= 4 is 23.3 Å². The Kier molecular flexibility index (Phi) is 5.44. The van der Waals surface area contributed by atoms with Gasteiger partial charge in [-0.3, -0.25) is 4.79 Å². The lowest BCUT2D eigenvalue weighted by Crippen LogP contribution is -2.31. The van der Waals surface area contributed by atoms with E-state index >= 15 is 0 Å². The molecule has 0 saturated carbocycles. The monoisotopic (exact) mass is 373 g/mol. The molecule has 1 amide bonds. The van der Waals surface area contributed by atoms with Crippen LogP contribution in [0.2, 0.25) is 5.02 Å². The number of benzene rings is 1. The van der Waals surface area contributed by atoms with Crippen LogP contribution in [0.15, 0.2) is 24.3 Å². The van der Waals surface area contributed by atoms with Crippen LogP contribution in [0.4, 0.5) is 5.82 Å². The van der Waals surface area contributed by atoms with Gasteiger partial charge in [0.1, 0.15) is 5.82 Å². The van der Waals surface area contributed by atoms with Crippen LogP contribution in [-0.2, 0) is 6.54 Å². The van der Waals surface area contributed by atoms with Crippen molar-refractivity contribution < 1.29 is 4.79 Å². The molecular weight excluding hydrogens is 350 g/mol. The first-order chi connectivity index (χ1) is 12.3. The number of hydrogen-bond donors (Lipinski definition) is 1. The average molecular weight is 374 g/mol. The molecule has 2 heterocycles. The molecule has 138 valence electrons. The molecule has 1 atom stereocenters. The van der Waals surface area contributed by atoms with Crippen LogP contribution in [0, 0.1) is 13.8 Å². The van der Waals surface area contributed by atoms with Crippen LogP contribution in [0.25, 0.3) is 0 Å². The second-order valence-electron chi connectivity index (χ2n) is 6.86. The fourth-order valence-corrected chi connectivity index (χ4v) is 3.23. The maximum atomic E-state index is 12.8. The zero-order valence-corrected chi connectivity index (χ0v) is 16.1. The molecule has 1 fully saturated rings. The van der Waals surface area contributed by atoms with Crippen LogP contribution < -0.4 is 10.6 Å². The molecule has 1 saturated heterocycles. The summed E-state index contributed by atoms with van der Waals surface area (Å²) in [5, 5.41) is 0.675. The maximum Gasteiger partial charge on any atom is 0.291 e. The Hall–Kier alpha value is -2.18. The van der Waals surface area contributed by atoms with Crippen molar-refractivity contribution in [3.63, 3.8) is 0 Å². The highest BCUT2D eigenvalue weighted by molar-refractivity contribution is 6.30. The first-order valence-electron chi connectivity index (χ1n) is 8.71. The highest BCUT2D eigenvalue weighted by Gasteiger charge is 2.25. The van der Waals surface area contributed by atoms with Gasteiger partial charge in [-0.05, 0) is 38.0 Å². The third kappa shape index (κ3) is 3.97. The van der Waals surface area contributed by atoms with Gasteiger partial charge in [-0.1, -0.05) is 23.7 Å². The Morgan fingerprint density at radius 3 is 2.62 bits per heavy atom. The molecule has 7 heteroatoms. The zero-order valence-electron chi connectivity index (χ0n) is 15.4. The Bertz CT molecular complexity index is 808. The summed E-state index contributed by atoms with van der Waals surface area (Å²) in [5.41, 5.74) is 8.84. The summed E-state index contributed by atoms with van der Waals surface area (Å²) in [7, 11) is 1.75. The molecule has 1 aliphatic rings. The number of nitrogens with two attached hydrogens (primary N) is 1. The van der Waals surface area contributed by atoms with Crippen LogP contribution in [0.1, 0.15) is 33.9 Å². The Morgan fingerprint density at radius 1 is 1.31 bits per heavy atom. The Balaban J connectivity index is 1.82. The van der Waals surface area contributed by atoms with Crippen molar-refractivity contribution in [1.82, 2.24) is 14.9 Å². The van der Waals surface area contributed by atoms with Crippen molar-refractivity contribution in [2.75, 3.05) is 25.0 Å². The third-order valence-corrected chi connectivity index (χ3v) is 5.01. The molecule has 0 radical (unpaired) electrons. The van der Waals surface area contributed by atoms with Crippen molar-refractivity contribution in [3.05, 3.63) is 51.9 Å². The molecule has 2 aromatic rings. The minimum Gasteiger partial charge on any atom is -0.355 e. The lowest BCUT2D eigenvalue weighted by molar-refractivity contribution is 0.0772. The molecular formula is C19H24ClN5O. The number of hydrogen-bond acceptors (Lipinski definition) is 5. The van der Waals surface area contributed by atoms with E-state index in [1.54, 1.807) is 11.9 Å². The fraction of sp³-hybridized carbons (Fsp3) is 0.421. The van der Waals surface area contributed by atoms with Crippen molar-refractivity contribution in [2.45, 2.75) is 32.9 Å². The van der Waals surface area contributed by atoms with Gasteiger partial charge in [-0.25, -0.2) is 9.97 Å². The Morgan fingerprint density at radius 2 is 2.00 bits per heavy atom. The number of halogens is 1. The van der Waals surface area contributed by atoms with Crippen molar-refractivity contribution in [1.29, 1.82) is 0 Å². The number of aromatic nitrogens is 2. The lowest BCUT2D eigenvalue weighted by Gasteiger charge is -2.22. The molecule has 0 bridgehead atoms. The summed E-state index contributed by atoms with van der Waals surface area (Å²) in [4.78, 5) is 25.6. The molecule has 1 aromatic heterocycles. The number of amides is 1. The zero-order chi connectivity index (χ0) is 18.8. The second-order valence-corrected chi connectivity index (χ2v) is 7.30. The predicted molar refractivity (Wildman–Crippen MR) is 104 cm³/mol. The minimum atomic E-state index is -0.201. The highest BCUT2D eigenvalue weighted by Crippen LogP contribution is 2.24. The van der Waals surface area contributed by atoms with E-state index in [4.69, 9.17) is 17.3 Å². The molecule has 6 nitrogen and oxygen atoms in total. The van der Waals surface area contributed by atoms with E-state index < -0.39 is 0 Å². The normalized spacial score (nSPS) is 16.8. The predicted octanol–water partition coefficient (Wildman–Crippen LogP) is 2.56. The minimum absolute atomic E-state index is 0.149. The fourth-order valence-electron chi connectivity index (χ4n) is 3.10. The van der Waals surface area contributed by atoms with Crippen LogP contribution in [-0.4, -0.2) is 47.0 Å². The molecule has 1 aliphatic heterocycles. The number of aryl methyl sites for hydroxylation is 1. The summed E-state index contributed by atoms with van der Waals surface area (Å²) in [5.74, 6) is 0.835. The summed E-state index contributed by atoms with van der Waals surface area (Å²) in [6, 6.07) is 7.60. The number of anilines is 1. The second kappa shape index (κ2) is 7.60. The number of rotatable bonds is 4. The van der Waals surface area contributed by atoms with Crippen LogP contribution in [0.5, 0.6) is 0 Å². The van der Waals surface area contributed by atoms with Gasteiger partial charge in [0.15, 0.2) is 0 Å². The molecule has 0 aliphatic carbocycles. The SMILES string of the molecule is Cc1nc(C(=O)N(C)Cc2ccc(Cl)cc2)nc(N2CC[C@@H](N)C2)c1C. The van der Waals surface area contributed by atoms with E-state index in [0.717, 1.165) is 42.1 Å². The van der Waals surface area contributed by atoms with Gasteiger partial charge < -0.3 is 15.5 Å². The maximum absolute atomic E-state index is 12.8. The van der Waals surface area contributed by atoms with Gasteiger partial charge in [0, 0.05) is 49.0 Å². The smallest absolute Gasteiger partial charge is 0.291 e. The summed E-state index contributed by atoms with van der Waals surface area (Å²) in [6.45, 7) is 5.97. The van der Waals surface area contributed by atoms with E-state index in [9.17, 15) is 4.79 Å². The third-order valence-electron chi connectivity index (χ3n) is 4.76. The van der Waals surface area contributed by atoms with Crippen LogP contribution >= 0.6 is 11.6 Å². The van der Waals surface area contributed by atoms with E-state index in [0.29, 0.717) is 11.6 Å². The first kappa shape index (κ1) is 18.6. The number of carbonyl (C=O) groups is 1. The number of carbonyl (C=O) groups excluding carboxylic acids is 1. The highest BCUT2D eigenvalue weighted by atomic mass is 35.5. The topological polar surface area (TPSA) is 75.4 Å². The van der Waals surface area contributed by atoms with Gasteiger partial charge in [-0.15, -0.1) is 0 Å². The van der Waals surface area contributed by atoms with E-state index in [-0.39, 0.29) is 17.8 Å². The van der Waals surface area contributed by atoms with E-state index in [1.165, 1.54) is 0 Å². The van der Waals surface area contributed by atoms with E-state index in [2.05, 4.69) is 14.9 Å².